The zero-order chi connectivity index (χ0) is 30.0. The Bertz CT molecular complexity index is 1740. The highest BCUT2D eigenvalue weighted by Crippen LogP contribution is 2.41. The number of carbonyl (C=O) groups excluding carboxylic acids is 1. The van der Waals surface area contributed by atoms with Crippen molar-refractivity contribution in [1.82, 2.24) is 9.88 Å². The Kier molecular flexibility index (Phi) is 7.87. The molecule has 1 amide bonds. The van der Waals surface area contributed by atoms with Crippen LogP contribution in [0.25, 0.3) is 11.1 Å². The first-order valence-electron chi connectivity index (χ1n) is 14.1. The van der Waals surface area contributed by atoms with E-state index >= 15 is 0 Å². The Morgan fingerprint density at radius 1 is 0.907 bits per heavy atom. The first-order chi connectivity index (χ1) is 20.7. The molecule has 222 valence electrons. The first kappa shape index (κ1) is 28.8. The van der Waals surface area contributed by atoms with Crippen LogP contribution in [0.1, 0.15) is 36.1 Å². The number of halogens is 2. The number of nitrogens with zero attached hydrogens (tertiary/aromatic N) is 2. The van der Waals surface area contributed by atoms with Crippen LogP contribution < -0.4 is 9.47 Å². The van der Waals surface area contributed by atoms with E-state index in [4.69, 9.17) is 9.47 Å². The number of hydrogen-bond acceptors (Lipinski definition) is 6. The van der Waals surface area contributed by atoms with Crippen LogP contribution in [-0.2, 0) is 27.8 Å². The summed E-state index contributed by atoms with van der Waals surface area (Å²) in [4.78, 5) is 18.2. The fourth-order valence-corrected chi connectivity index (χ4v) is 7.10. The average Bonchev–Trinajstić information content (AvgIpc) is 2.99. The molecular formula is C33H30F2N2O5S. The molecule has 1 fully saturated rings. The number of piperidine rings is 1. The SMILES string of the molecule is O=C(Oc1ccc(F)cc1F)N1CCC2(CCc3cc(-c4ccc(CS(=O)(=O)Cc5ccccn5)cc4)ccc3O2)CC1. The molecule has 1 aromatic heterocycles. The number of aromatic nitrogens is 1. The summed E-state index contributed by atoms with van der Waals surface area (Å²) in [5.41, 5.74) is 3.96. The highest BCUT2D eigenvalue weighted by Gasteiger charge is 2.41. The van der Waals surface area contributed by atoms with E-state index in [0.29, 0.717) is 37.7 Å². The molecule has 0 aliphatic carbocycles. The number of likely N-dealkylation sites (tertiary alicyclic amines) is 1. The summed E-state index contributed by atoms with van der Waals surface area (Å²) < 4.78 is 64.0. The van der Waals surface area contributed by atoms with Crippen LogP contribution in [0.2, 0.25) is 0 Å². The average molecular weight is 605 g/mol. The van der Waals surface area contributed by atoms with Gasteiger partial charge in [-0.3, -0.25) is 4.98 Å². The molecule has 0 N–H and O–H groups in total. The predicted octanol–water partition coefficient (Wildman–Crippen LogP) is 6.50. The van der Waals surface area contributed by atoms with E-state index in [9.17, 15) is 22.0 Å². The Morgan fingerprint density at radius 3 is 2.40 bits per heavy atom. The van der Waals surface area contributed by atoms with Gasteiger partial charge in [0, 0.05) is 38.2 Å². The predicted molar refractivity (Wildman–Crippen MR) is 157 cm³/mol. The van der Waals surface area contributed by atoms with E-state index in [1.165, 1.54) is 4.90 Å². The summed E-state index contributed by atoms with van der Waals surface area (Å²) in [6.07, 6.45) is 3.76. The quantitative estimate of drug-likeness (QED) is 0.250. The molecular weight excluding hydrogens is 574 g/mol. The number of pyridine rings is 1. The van der Waals surface area contributed by atoms with E-state index in [1.807, 2.05) is 36.4 Å². The van der Waals surface area contributed by atoms with Crippen molar-refractivity contribution in [2.24, 2.45) is 0 Å². The molecule has 1 spiro atoms. The molecule has 0 radical (unpaired) electrons. The maximum atomic E-state index is 13.9. The van der Waals surface area contributed by atoms with E-state index in [1.54, 1.807) is 24.4 Å². The summed E-state index contributed by atoms with van der Waals surface area (Å²) in [6, 6.07) is 21.7. The fraction of sp³-hybridized carbons (Fsp3) is 0.273. The lowest BCUT2D eigenvalue weighted by Gasteiger charge is -2.44. The molecule has 7 nitrogen and oxygen atoms in total. The van der Waals surface area contributed by atoms with Crippen LogP contribution in [0.4, 0.5) is 13.6 Å². The summed E-state index contributed by atoms with van der Waals surface area (Å²) in [7, 11) is -3.35. The van der Waals surface area contributed by atoms with E-state index in [2.05, 4.69) is 11.1 Å². The number of aryl methyl sites for hydroxylation is 1. The molecule has 0 unspecified atom stereocenters. The van der Waals surface area contributed by atoms with Crippen molar-refractivity contribution in [2.45, 2.75) is 42.8 Å². The van der Waals surface area contributed by atoms with Crippen LogP contribution in [-0.4, -0.2) is 43.1 Å². The Balaban J connectivity index is 1.06. The standard InChI is InChI=1S/C33H30F2N2O5S/c34-27-9-11-31(29(35)20-27)41-32(38)37-17-14-33(15-18-37)13-12-26-19-25(8-10-30(26)42-33)24-6-4-23(5-7-24)21-43(39,40)22-28-3-1-2-16-36-28/h1-11,16,19-20H,12-15,17-18,21-22H2. The summed E-state index contributed by atoms with van der Waals surface area (Å²) in [5.74, 6) is -1.29. The van der Waals surface area contributed by atoms with Gasteiger partial charge in [0.05, 0.1) is 17.2 Å². The van der Waals surface area contributed by atoms with Crippen molar-refractivity contribution >= 4 is 15.9 Å². The molecule has 43 heavy (non-hydrogen) atoms. The third kappa shape index (κ3) is 6.69. The summed E-state index contributed by atoms with van der Waals surface area (Å²) >= 11 is 0. The normalized spacial score (nSPS) is 15.9. The van der Waals surface area contributed by atoms with Gasteiger partial charge in [-0.1, -0.05) is 36.4 Å². The molecule has 6 rings (SSSR count). The second kappa shape index (κ2) is 11.8. The van der Waals surface area contributed by atoms with Gasteiger partial charge in [-0.05, 0) is 71.5 Å². The van der Waals surface area contributed by atoms with Gasteiger partial charge in [0.1, 0.15) is 17.2 Å². The third-order valence-corrected chi connectivity index (χ3v) is 9.54. The zero-order valence-electron chi connectivity index (χ0n) is 23.3. The van der Waals surface area contributed by atoms with Crippen LogP contribution in [0.5, 0.6) is 11.5 Å². The van der Waals surface area contributed by atoms with Gasteiger partial charge in [0.2, 0.25) is 0 Å². The van der Waals surface area contributed by atoms with Crippen molar-refractivity contribution in [3.05, 3.63) is 114 Å². The van der Waals surface area contributed by atoms with Crippen LogP contribution in [0.15, 0.2) is 85.1 Å². The third-order valence-electron chi connectivity index (χ3n) is 8.03. The minimum atomic E-state index is -3.35. The highest BCUT2D eigenvalue weighted by molar-refractivity contribution is 7.89. The Hall–Kier alpha value is -4.31. The molecule has 3 aromatic carbocycles. The van der Waals surface area contributed by atoms with Crippen molar-refractivity contribution in [3.63, 3.8) is 0 Å². The largest absolute Gasteiger partial charge is 0.487 e. The molecule has 0 saturated carbocycles. The molecule has 10 heteroatoms. The van der Waals surface area contributed by atoms with E-state index in [0.717, 1.165) is 53.0 Å². The number of amides is 1. The fourth-order valence-electron chi connectivity index (χ4n) is 5.67. The molecule has 1 saturated heterocycles. The van der Waals surface area contributed by atoms with Crippen molar-refractivity contribution < 1.29 is 31.5 Å². The summed E-state index contributed by atoms with van der Waals surface area (Å²) in [5, 5.41) is 0. The zero-order valence-corrected chi connectivity index (χ0v) is 24.2. The van der Waals surface area contributed by atoms with Crippen LogP contribution >= 0.6 is 0 Å². The number of carbonyl (C=O) groups is 1. The van der Waals surface area contributed by atoms with Crippen molar-refractivity contribution in [1.29, 1.82) is 0 Å². The number of hydrogen-bond donors (Lipinski definition) is 0. The maximum Gasteiger partial charge on any atom is 0.415 e. The molecule has 4 aromatic rings. The van der Waals surface area contributed by atoms with Crippen LogP contribution in [0.3, 0.4) is 0 Å². The molecule has 0 atom stereocenters. The number of rotatable bonds is 6. The number of fused-ring (bicyclic) bond motifs is 1. The molecule has 2 aliphatic rings. The van der Waals surface area contributed by atoms with Crippen molar-refractivity contribution in [3.8, 4) is 22.6 Å². The van der Waals surface area contributed by atoms with E-state index in [-0.39, 0.29) is 17.3 Å². The lowest BCUT2D eigenvalue weighted by Crippen LogP contribution is -2.51. The van der Waals surface area contributed by atoms with Gasteiger partial charge in [-0.2, -0.15) is 0 Å². The molecule has 0 bridgehead atoms. The van der Waals surface area contributed by atoms with Crippen molar-refractivity contribution in [2.75, 3.05) is 13.1 Å². The van der Waals surface area contributed by atoms with Crippen LogP contribution in [0, 0.1) is 11.6 Å². The van der Waals surface area contributed by atoms with E-state index < -0.39 is 33.2 Å². The lowest BCUT2D eigenvalue weighted by atomic mass is 9.82. The smallest absolute Gasteiger partial charge is 0.415 e. The number of benzene rings is 3. The number of sulfone groups is 1. The first-order valence-corrected chi connectivity index (χ1v) is 15.9. The monoisotopic (exact) mass is 604 g/mol. The Morgan fingerprint density at radius 2 is 1.67 bits per heavy atom. The number of ether oxygens (including phenoxy) is 2. The van der Waals surface area contributed by atoms with Gasteiger partial charge >= 0.3 is 6.09 Å². The van der Waals surface area contributed by atoms with Gasteiger partial charge in [-0.25, -0.2) is 22.0 Å². The van der Waals surface area contributed by atoms with Gasteiger partial charge in [0.15, 0.2) is 21.4 Å². The second-order valence-corrected chi connectivity index (χ2v) is 13.2. The minimum Gasteiger partial charge on any atom is -0.487 e. The van der Waals surface area contributed by atoms with Gasteiger partial charge in [0.25, 0.3) is 0 Å². The minimum absolute atomic E-state index is 0.0533. The second-order valence-electron chi connectivity index (χ2n) is 11.1. The Labute approximate surface area is 249 Å². The highest BCUT2D eigenvalue weighted by atomic mass is 32.2. The lowest BCUT2D eigenvalue weighted by molar-refractivity contribution is -0.00959. The topological polar surface area (TPSA) is 85.8 Å². The maximum absolute atomic E-state index is 13.9. The van der Waals surface area contributed by atoms with Gasteiger partial charge < -0.3 is 14.4 Å². The molecule has 3 heterocycles. The van der Waals surface area contributed by atoms with Gasteiger partial charge in [-0.15, -0.1) is 0 Å². The molecule has 2 aliphatic heterocycles. The summed E-state index contributed by atoms with van der Waals surface area (Å²) in [6.45, 7) is 0.804.